The molecule has 0 radical (unpaired) electrons. The lowest BCUT2D eigenvalue weighted by atomic mass is 9.43. The smallest absolute Gasteiger partial charge is 0.0115 e. The van der Waals surface area contributed by atoms with E-state index in [2.05, 4.69) is 69.9 Å². The molecule has 3 saturated carbocycles. The van der Waals surface area contributed by atoms with E-state index >= 15 is 0 Å². The molecule has 1 aromatic carbocycles. The number of rotatable bonds is 3. The molecule has 2 nitrogen and oxygen atoms in total. The topological polar surface area (TPSA) is 29.3 Å². The van der Waals surface area contributed by atoms with Gasteiger partial charge < -0.3 is 10.6 Å². The van der Waals surface area contributed by atoms with E-state index in [-0.39, 0.29) is 5.41 Å². The Kier molecular flexibility index (Phi) is 4.99. The van der Waals surface area contributed by atoms with Crippen LogP contribution in [0.4, 0.5) is 0 Å². The fourth-order valence-corrected chi connectivity index (χ4v) is 7.93. The number of hydrogen-bond donors (Lipinski definition) is 1. The van der Waals surface area contributed by atoms with Gasteiger partial charge in [0, 0.05) is 19.1 Å². The van der Waals surface area contributed by atoms with Gasteiger partial charge in [0.1, 0.15) is 0 Å². The van der Waals surface area contributed by atoms with E-state index in [1.54, 1.807) is 5.56 Å². The van der Waals surface area contributed by atoms with Crippen LogP contribution in [0.1, 0.15) is 78.7 Å². The standard InChI is InChI=1S/C26H42N2/c1-20-13-24(4,19-28-12-11-22(27)23(2,3)18-28)15-25(5)16-26(14-20,17-25)21-9-7-6-8-10-21/h6-10,20,22H,11-19,27H2,1-5H3. The van der Waals surface area contributed by atoms with Gasteiger partial charge in [0.25, 0.3) is 0 Å². The van der Waals surface area contributed by atoms with Gasteiger partial charge in [-0.1, -0.05) is 65.0 Å². The van der Waals surface area contributed by atoms with Crippen LogP contribution >= 0.6 is 0 Å². The van der Waals surface area contributed by atoms with Gasteiger partial charge in [-0.05, 0) is 78.2 Å². The Morgan fingerprint density at radius 1 is 1.00 bits per heavy atom. The maximum Gasteiger partial charge on any atom is 0.0115 e. The van der Waals surface area contributed by atoms with Crippen LogP contribution in [0.15, 0.2) is 30.3 Å². The number of likely N-dealkylation sites (tertiary alicyclic amines) is 1. The average molecular weight is 383 g/mol. The zero-order chi connectivity index (χ0) is 20.2. The van der Waals surface area contributed by atoms with Gasteiger partial charge in [0.2, 0.25) is 0 Å². The van der Waals surface area contributed by atoms with Crippen LogP contribution < -0.4 is 5.73 Å². The quantitative estimate of drug-likeness (QED) is 0.736. The second-order valence-corrected chi connectivity index (χ2v) is 12.4. The van der Waals surface area contributed by atoms with Crippen molar-refractivity contribution in [2.75, 3.05) is 19.6 Å². The first kappa shape index (κ1) is 20.4. The third-order valence-corrected chi connectivity index (χ3v) is 8.35. The molecule has 2 heteroatoms. The fourth-order valence-electron chi connectivity index (χ4n) is 7.93. The zero-order valence-electron chi connectivity index (χ0n) is 18.9. The Bertz CT molecular complexity index is 682. The maximum atomic E-state index is 6.40. The van der Waals surface area contributed by atoms with Crippen LogP contribution in [0.25, 0.3) is 0 Å². The molecule has 3 aliphatic carbocycles. The van der Waals surface area contributed by atoms with E-state index < -0.39 is 0 Å². The predicted molar refractivity (Wildman–Crippen MR) is 119 cm³/mol. The summed E-state index contributed by atoms with van der Waals surface area (Å²) in [5, 5.41) is 0. The minimum atomic E-state index is 0.241. The van der Waals surface area contributed by atoms with Crippen molar-refractivity contribution in [2.45, 2.75) is 84.6 Å². The number of fused-ring (bicyclic) bond motifs is 4. The molecule has 4 fully saturated rings. The van der Waals surface area contributed by atoms with Crippen LogP contribution in [-0.4, -0.2) is 30.6 Å². The first-order valence-electron chi connectivity index (χ1n) is 11.6. The summed E-state index contributed by atoms with van der Waals surface area (Å²) in [6.07, 6.45) is 7.99. The summed E-state index contributed by atoms with van der Waals surface area (Å²) in [5.41, 5.74) is 9.61. The SMILES string of the molecule is CC1CC(C)(CN2CCC(N)C(C)(C)C2)CC2(C)CC(c3ccccc3)(C1)C2. The van der Waals surface area contributed by atoms with Crippen molar-refractivity contribution < 1.29 is 0 Å². The van der Waals surface area contributed by atoms with Gasteiger partial charge in [-0.2, -0.15) is 0 Å². The Morgan fingerprint density at radius 3 is 2.32 bits per heavy atom. The molecular weight excluding hydrogens is 340 g/mol. The Balaban J connectivity index is 1.50. The number of hydrogen-bond acceptors (Lipinski definition) is 2. The molecule has 1 saturated heterocycles. The van der Waals surface area contributed by atoms with Crippen LogP contribution in [0, 0.1) is 22.2 Å². The van der Waals surface area contributed by atoms with Crippen LogP contribution in [0.3, 0.4) is 0 Å². The highest BCUT2D eigenvalue weighted by molar-refractivity contribution is 5.31. The van der Waals surface area contributed by atoms with Crippen molar-refractivity contribution in [3.63, 3.8) is 0 Å². The normalized spacial score (nSPS) is 43.6. The lowest BCUT2D eigenvalue weighted by molar-refractivity contribution is -0.0645. The molecule has 156 valence electrons. The van der Waals surface area contributed by atoms with Gasteiger partial charge in [0.05, 0.1) is 0 Å². The van der Waals surface area contributed by atoms with Crippen molar-refractivity contribution in [3.05, 3.63) is 35.9 Å². The summed E-state index contributed by atoms with van der Waals surface area (Å²) in [6.45, 7) is 16.0. The summed E-state index contributed by atoms with van der Waals surface area (Å²) in [5.74, 6) is 0.787. The Hall–Kier alpha value is -0.860. The van der Waals surface area contributed by atoms with Gasteiger partial charge >= 0.3 is 0 Å². The number of benzene rings is 1. The fraction of sp³-hybridized carbons (Fsp3) is 0.769. The summed E-state index contributed by atoms with van der Waals surface area (Å²) in [7, 11) is 0. The van der Waals surface area contributed by atoms with Crippen LogP contribution in [-0.2, 0) is 5.41 Å². The highest BCUT2D eigenvalue weighted by atomic mass is 15.2. The molecule has 2 bridgehead atoms. The molecule has 3 unspecified atom stereocenters. The highest BCUT2D eigenvalue weighted by Gasteiger charge is 2.57. The third-order valence-electron chi connectivity index (χ3n) is 8.35. The summed E-state index contributed by atoms with van der Waals surface area (Å²) < 4.78 is 0. The van der Waals surface area contributed by atoms with Crippen LogP contribution in [0.5, 0.6) is 0 Å². The molecule has 0 aromatic heterocycles. The van der Waals surface area contributed by atoms with Crippen molar-refractivity contribution >= 4 is 0 Å². The Labute approximate surface area is 173 Å². The molecule has 5 rings (SSSR count). The highest BCUT2D eigenvalue weighted by Crippen LogP contribution is 2.64. The average Bonchev–Trinajstić information content (AvgIpc) is 2.55. The van der Waals surface area contributed by atoms with E-state index in [1.165, 1.54) is 45.2 Å². The lowest BCUT2D eigenvalue weighted by Crippen LogP contribution is -2.57. The van der Waals surface area contributed by atoms with E-state index in [1.807, 2.05) is 0 Å². The number of piperidine rings is 1. The maximum absolute atomic E-state index is 6.40. The zero-order valence-corrected chi connectivity index (χ0v) is 18.9. The van der Waals surface area contributed by atoms with Crippen molar-refractivity contribution in [1.82, 2.24) is 4.90 Å². The van der Waals surface area contributed by atoms with E-state index in [0.29, 0.717) is 22.3 Å². The van der Waals surface area contributed by atoms with Gasteiger partial charge in [0.15, 0.2) is 0 Å². The van der Waals surface area contributed by atoms with Gasteiger partial charge in [-0.3, -0.25) is 0 Å². The van der Waals surface area contributed by atoms with Gasteiger partial charge in [-0.25, -0.2) is 0 Å². The van der Waals surface area contributed by atoms with E-state index in [4.69, 9.17) is 5.73 Å². The summed E-state index contributed by atoms with van der Waals surface area (Å²) >= 11 is 0. The molecule has 28 heavy (non-hydrogen) atoms. The molecule has 1 heterocycles. The van der Waals surface area contributed by atoms with E-state index in [9.17, 15) is 0 Å². The molecule has 3 atom stereocenters. The first-order chi connectivity index (χ1) is 13.0. The number of nitrogens with zero attached hydrogens (tertiary/aromatic N) is 1. The summed E-state index contributed by atoms with van der Waals surface area (Å²) in [6, 6.07) is 11.7. The minimum absolute atomic E-state index is 0.241. The number of nitrogens with two attached hydrogens (primary N) is 1. The molecule has 1 aliphatic heterocycles. The van der Waals surface area contributed by atoms with Crippen LogP contribution in [0.2, 0.25) is 0 Å². The molecule has 0 amide bonds. The summed E-state index contributed by atoms with van der Waals surface area (Å²) in [4.78, 5) is 2.74. The van der Waals surface area contributed by atoms with Crippen molar-refractivity contribution in [3.8, 4) is 0 Å². The lowest BCUT2D eigenvalue weighted by Gasteiger charge is -2.62. The Morgan fingerprint density at radius 2 is 1.68 bits per heavy atom. The molecule has 0 spiro atoms. The molecule has 2 N–H and O–H groups in total. The second-order valence-electron chi connectivity index (χ2n) is 12.4. The van der Waals surface area contributed by atoms with Crippen molar-refractivity contribution in [1.29, 1.82) is 0 Å². The van der Waals surface area contributed by atoms with E-state index in [0.717, 1.165) is 18.9 Å². The molecule has 4 aliphatic rings. The molecular formula is C26H42N2. The first-order valence-corrected chi connectivity index (χ1v) is 11.6. The predicted octanol–water partition coefficient (Wildman–Crippen LogP) is 5.61. The monoisotopic (exact) mass is 382 g/mol. The van der Waals surface area contributed by atoms with Crippen molar-refractivity contribution in [2.24, 2.45) is 27.9 Å². The molecule has 1 aromatic rings. The third kappa shape index (κ3) is 3.79. The van der Waals surface area contributed by atoms with Gasteiger partial charge in [-0.15, -0.1) is 0 Å². The largest absolute Gasteiger partial charge is 0.327 e. The minimum Gasteiger partial charge on any atom is -0.327 e. The second kappa shape index (κ2) is 6.84.